The number of carbonyl (C=O) groups excluding carboxylic acids is 1. The summed E-state index contributed by atoms with van der Waals surface area (Å²) in [5.41, 5.74) is 0. The number of amides is 1. The van der Waals surface area contributed by atoms with Crippen molar-refractivity contribution in [1.82, 2.24) is 15.5 Å². The first-order valence-corrected chi connectivity index (χ1v) is 6.90. The van der Waals surface area contributed by atoms with E-state index >= 15 is 0 Å². The fourth-order valence-electron chi connectivity index (χ4n) is 1.52. The average molecular weight is 255 g/mol. The first-order valence-electron chi connectivity index (χ1n) is 6.90. The van der Waals surface area contributed by atoms with Crippen LogP contribution in [0.15, 0.2) is 12.2 Å². The number of nitrogens with one attached hydrogen (secondary N) is 2. The summed E-state index contributed by atoms with van der Waals surface area (Å²) in [6, 6.07) is 0. The lowest BCUT2D eigenvalue weighted by Crippen LogP contribution is -2.34. The zero-order valence-corrected chi connectivity index (χ0v) is 12.2. The van der Waals surface area contributed by atoms with Gasteiger partial charge < -0.3 is 15.5 Å². The van der Waals surface area contributed by atoms with Crippen molar-refractivity contribution in [2.45, 2.75) is 32.6 Å². The quantitative estimate of drug-likeness (QED) is 0.433. The third-order valence-electron chi connectivity index (χ3n) is 2.62. The van der Waals surface area contributed by atoms with E-state index in [1.807, 2.05) is 6.92 Å². The summed E-state index contributed by atoms with van der Waals surface area (Å²) in [5.74, 6) is 0.171. The summed E-state index contributed by atoms with van der Waals surface area (Å²) in [5, 5.41) is 6.22. The number of rotatable bonds is 11. The van der Waals surface area contributed by atoms with Crippen LogP contribution in [-0.4, -0.2) is 51.1 Å². The van der Waals surface area contributed by atoms with E-state index in [1.165, 1.54) is 0 Å². The Hall–Kier alpha value is -0.870. The van der Waals surface area contributed by atoms with Crippen LogP contribution < -0.4 is 10.6 Å². The van der Waals surface area contributed by atoms with Gasteiger partial charge in [0.2, 0.25) is 5.91 Å². The lowest BCUT2D eigenvalue weighted by Gasteiger charge is -2.10. The first kappa shape index (κ1) is 17.1. The van der Waals surface area contributed by atoms with E-state index in [2.05, 4.69) is 41.8 Å². The molecule has 0 aromatic heterocycles. The maximum atomic E-state index is 11.5. The third-order valence-corrected chi connectivity index (χ3v) is 2.62. The Balaban J connectivity index is 3.22. The molecular weight excluding hydrogens is 226 g/mol. The van der Waals surface area contributed by atoms with Crippen molar-refractivity contribution in [1.29, 1.82) is 0 Å². The van der Waals surface area contributed by atoms with E-state index in [4.69, 9.17) is 0 Å². The second-order valence-electron chi connectivity index (χ2n) is 4.72. The van der Waals surface area contributed by atoms with Crippen molar-refractivity contribution in [3.8, 4) is 0 Å². The minimum Gasteiger partial charge on any atom is -0.355 e. The van der Waals surface area contributed by atoms with E-state index in [1.54, 1.807) is 0 Å². The normalized spacial score (nSPS) is 11.3. The lowest BCUT2D eigenvalue weighted by atomic mass is 10.2. The van der Waals surface area contributed by atoms with Crippen LogP contribution in [0.4, 0.5) is 0 Å². The van der Waals surface area contributed by atoms with Gasteiger partial charge >= 0.3 is 0 Å². The van der Waals surface area contributed by atoms with Gasteiger partial charge in [-0.05, 0) is 40.3 Å². The highest BCUT2D eigenvalue weighted by Gasteiger charge is 1.99. The molecule has 0 spiro atoms. The summed E-state index contributed by atoms with van der Waals surface area (Å²) < 4.78 is 0. The molecule has 0 radical (unpaired) electrons. The van der Waals surface area contributed by atoms with Gasteiger partial charge in [-0.3, -0.25) is 4.79 Å². The molecule has 106 valence electrons. The zero-order chi connectivity index (χ0) is 13.6. The molecule has 1 amide bonds. The van der Waals surface area contributed by atoms with Gasteiger partial charge in [0.1, 0.15) is 0 Å². The van der Waals surface area contributed by atoms with Crippen LogP contribution in [0.3, 0.4) is 0 Å². The molecule has 2 N–H and O–H groups in total. The highest BCUT2D eigenvalue weighted by atomic mass is 16.1. The molecule has 0 fully saturated rings. The van der Waals surface area contributed by atoms with Gasteiger partial charge in [0.25, 0.3) is 0 Å². The lowest BCUT2D eigenvalue weighted by molar-refractivity contribution is -0.121. The predicted octanol–water partition coefficient (Wildman–Crippen LogP) is 1.39. The van der Waals surface area contributed by atoms with Gasteiger partial charge in [-0.15, -0.1) is 0 Å². The highest BCUT2D eigenvalue weighted by molar-refractivity contribution is 5.75. The molecule has 0 aromatic carbocycles. The number of unbranched alkanes of at least 4 members (excludes halogenated alkanes) is 2. The largest absolute Gasteiger partial charge is 0.355 e. The maximum Gasteiger partial charge on any atom is 0.220 e. The van der Waals surface area contributed by atoms with E-state index in [9.17, 15) is 4.79 Å². The molecule has 0 saturated heterocycles. The number of likely N-dealkylation sites (N-methyl/N-ethyl adjacent to an activating group) is 1. The van der Waals surface area contributed by atoms with Crippen molar-refractivity contribution in [3.05, 3.63) is 12.2 Å². The Labute approximate surface area is 112 Å². The van der Waals surface area contributed by atoms with E-state index in [0.717, 1.165) is 45.4 Å². The van der Waals surface area contributed by atoms with Crippen molar-refractivity contribution < 1.29 is 4.79 Å². The van der Waals surface area contributed by atoms with Gasteiger partial charge in [-0.2, -0.15) is 0 Å². The molecule has 0 bridgehead atoms. The molecule has 4 heteroatoms. The number of hydrogen-bond donors (Lipinski definition) is 2. The molecule has 0 saturated carbocycles. The van der Waals surface area contributed by atoms with Crippen LogP contribution in [0, 0.1) is 0 Å². The Morgan fingerprint density at radius 3 is 2.61 bits per heavy atom. The number of allylic oxidation sites excluding steroid dienone is 2. The molecule has 0 atom stereocenters. The standard InChI is InChI=1S/C14H29N3O/c1-4-5-6-7-8-9-14(18)16-11-10-15-12-13-17(2)3/h4-5,15H,6-13H2,1-3H3,(H,16,18)/b5-4+. The maximum absolute atomic E-state index is 11.5. The smallest absolute Gasteiger partial charge is 0.220 e. The van der Waals surface area contributed by atoms with Crippen molar-refractivity contribution in [2.75, 3.05) is 40.3 Å². The SMILES string of the molecule is C/C=C/CCCCC(=O)NCCNCCN(C)C. The van der Waals surface area contributed by atoms with Gasteiger partial charge in [-0.1, -0.05) is 12.2 Å². The number of nitrogens with zero attached hydrogens (tertiary/aromatic N) is 1. The van der Waals surface area contributed by atoms with Gasteiger partial charge in [-0.25, -0.2) is 0 Å². The van der Waals surface area contributed by atoms with Crippen LogP contribution in [-0.2, 0) is 4.79 Å². The Morgan fingerprint density at radius 1 is 1.17 bits per heavy atom. The van der Waals surface area contributed by atoms with Gasteiger partial charge in [0, 0.05) is 32.6 Å². The topological polar surface area (TPSA) is 44.4 Å². The first-order chi connectivity index (χ1) is 8.66. The average Bonchev–Trinajstić information content (AvgIpc) is 2.33. The molecule has 18 heavy (non-hydrogen) atoms. The van der Waals surface area contributed by atoms with E-state index in [-0.39, 0.29) is 5.91 Å². The predicted molar refractivity (Wildman–Crippen MR) is 77.7 cm³/mol. The minimum absolute atomic E-state index is 0.171. The van der Waals surface area contributed by atoms with Crippen LogP contribution >= 0.6 is 0 Å². The summed E-state index contributed by atoms with van der Waals surface area (Å²) >= 11 is 0. The Kier molecular flexibility index (Phi) is 12.0. The summed E-state index contributed by atoms with van der Waals surface area (Å²) in [4.78, 5) is 13.6. The summed E-state index contributed by atoms with van der Waals surface area (Å²) in [6.07, 6.45) is 8.00. The zero-order valence-electron chi connectivity index (χ0n) is 12.2. The minimum atomic E-state index is 0.171. The summed E-state index contributed by atoms with van der Waals surface area (Å²) in [6.45, 7) is 5.58. The van der Waals surface area contributed by atoms with Crippen LogP contribution in [0.5, 0.6) is 0 Å². The van der Waals surface area contributed by atoms with E-state index < -0.39 is 0 Å². The second kappa shape index (κ2) is 12.6. The molecule has 0 aliphatic heterocycles. The molecule has 0 rings (SSSR count). The highest BCUT2D eigenvalue weighted by Crippen LogP contribution is 2.00. The van der Waals surface area contributed by atoms with Gasteiger partial charge in [0.05, 0.1) is 0 Å². The molecule has 0 aliphatic rings. The van der Waals surface area contributed by atoms with Crippen LogP contribution in [0.1, 0.15) is 32.6 Å². The molecular formula is C14H29N3O. The molecule has 0 aliphatic carbocycles. The molecule has 0 heterocycles. The van der Waals surface area contributed by atoms with Crippen molar-refractivity contribution >= 4 is 5.91 Å². The van der Waals surface area contributed by atoms with Crippen molar-refractivity contribution in [3.63, 3.8) is 0 Å². The number of carbonyl (C=O) groups is 1. The monoisotopic (exact) mass is 255 g/mol. The van der Waals surface area contributed by atoms with Crippen molar-refractivity contribution in [2.24, 2.45) is 0 Å². The second-order valence-corrected chi connectivity index (χ2v) is 4.72. The fraction of sp³-hybridized carbons (Fsp3) is 0.786. The fourth-order valence-corrected chi connectivity index (χ4v) is 1.52. The molecule has 0 aromatic rings. The molecule has 4 nitrogen and oxygen atoms in total. The van der Waals surface area contributed by atoms with E-state index in [0.29, 0.717) is 6.42 Å². The van der Waals surface area contributed by atoms with Crippen LogP contribution in [0.25, 0.3) is 0 Å². The summed E-state index contributed by atoms with van der Waals surface area (Å²) in [7, 11) is 4.11. The van der Waals surface area contributed by atoms with Crippen LogP contribution in [0.2, 0.25) is 0 Å². The van der Waals surface area contributed by atoms with Gasteiger partial charge in [0.15, 0.2) is 0 Å². The molecule has 0 unspecified atom stereocenters. The third kappa shape index (κ3) is 13.2. The Bertz CT molecular complexity index is 227. The Morgan fingerprint density at radius 2 is 1.94 bits per heavy atom. The number of hydrogen-bond acceptors (Lipinski definition) is 3.